The Kier molecular flexibility index (Phi) is 5.83. The number of nitrogens with zero attached hydrogens (tertiary/aromatic N) is 2. The molecule has 0 radical (unpaired) electrons. The van der Waals surface area contributed by atoms with Crippen LogP contribution in [0.25, 0.3) is 0 Å². The molecule has 1 fully saturated rings. The standard InChI is InChI=1S/C20H27N3O/c1-16(19-7-4-5-11-21-19)22-20-8-3-2-6-18(20)14-23-12-9-17(15-24)10-13-23/h2-8,11,16-17,22,24H,9-10,12-15H2,1H3. The molecule has 1 aromatic carbocycles. The number of aliphatic hydroxyl groups excluding tert-OH is 1. The molecule has 1 aliphatic rings. The van der Waals surface area contributed by atoms with Crippen molar-refractivity contribution in [3.05, 3.63) is 59.9 Å². The van der Waals surface area contributed by atoms with E-state index in [0.29, 0.717) is 12.5 Å². The Labute approximate surface area is 144 Å². The van der Waals surface area contributed by atoms with Crippen LogP contribution in [0.4, 0.5) is 5.69 Å². The Morgan fingerprint density at radius 3 is 2.62 bits per heavy atom. The molecule has 1 unspecified atom stereocenters. The summed E-state index contributed by atoms with van der Waals surface area (Å²) in [6.07, 6.45) is 4.03. The van der Waals surface area contributed by atoms with Crippen molar-refractivity contribution in [2.75, 3.05) is 25.0 Å². The number of piperidine rings is 1. The topological polar surface area (TPSA) is 48.4 Å². The van der Waals surface area contributed by atoms with Crippen molar-refractivity contribution < 1.29 is 5.11 Å². The third kappa shape index (κ3) is 4.34. The number of nitrogens with one attached hydrogen (secondary N) is 1. The highest BCUT2D eigenvalue weighted by Gasteiger charge is 2.19. The SMILES string of the molecule is CC(Nc1ccccc1CN1CCC(CO)CC1)c1ccccn1. The van der Waals surface area contributed by atoms with Crippen molar-refractivity contribution in [2.45, 2.75) is 32.4 Å². The summed E-state index contributed by atoms with van der Waals surface area (Å²) in [5.74, 6) is 0.485. The van der Waals surface area contributed by atoms with E-state index in [9.17, 15) is 5.11 Å². The number of pyridine rings is 1. The number of hydrogen-bond donors (Lipinski definition) is 2. The molecule has 1 aliphatic heterocycles. The van der Waals surface area contributed by atoms with Gasteiger partial charge in [0.15, 0.2) is 0 Å². The van der Waals surface area contributed by atoms with E-state index < -0.39 is 0 Å². The van der Waals surface area contributed by atoms with Gasteiger partial charge in [0, 0.05) is 25.0 Å². The van der Waals surface area contributed by atoms with Crippen LogP contribution in [-0.2, 0) is 6.54 Å². The fourth-order valence-corrected chi connectivity index (χ4v) is 3.31. The minimum atomic E-state index is 0.174. The van der Waals surface area contributed by atoms with Gasteiger partial charge in [0.1, 0.15) is 0 Å². The largest absolute Gasteiger partial charge is 0.396 e. The van der Waals surface area contributed by atoms with Crippen LogP contribution in [0.5, 0.6) is 0 Å². The third-order valence-corrected chi connectivity index (χ3v) is 4.88. The molecule has 128 valence electrons. The maximum absolute atomic E-state index is 9.28. The van der Waals surface area contributed by atoms with Crippen LogP contribution in [-0.4, -0.2) is 34.7 Å². The summed E-state index contributed by atoms with van der Waals surface area (Å²) in [6, 6.07) is 14.7. The molecule has 1 saturated heterocycles. The predicted octanol–water partition coefficient (Wildman–Crippen LogP) is 3.46. The lowest BCUT2D eigenvalue weighted by Gasteiger charge is -2.31. The van der Waals surface area contributed by atoms with Crippen LogP contribution in [0.3, 0.4) is 0 Å². The minimum absolute atomic E-state index is 0.174. The summed E-state index contributed by atoms with van der Waals surface area (Å²) >= 11 is 0. The van der Waals surface area contributed by atoms with E-state index in [1.807, 2.05) is 18.3 Å². The van der Waals surface area contributed by atoms with E-state index in [-0.39, 0.29) is 6.04 Å². The van der Waals surface area contributed by atoms with Crippen LogP contribution in [0, 0.1) is 5.92 Å². The molecular weight excluding hydrogens is 298 g/mol. The van der Waals surface area contributed by atoms with Crippen molar-refractivity contribution in [1.82, 2.24) is 9.88 Å². The van der Waals surface area contributed by atoms with E-state index in [4.69, 9.17) is 0 Å². The van der Waals surface area contributed by atoms with Crippen molar-refractivity contribution in [1.29, 1.82) is 0 Å². The van der Waals surface area contributed by atoms with Crippen LogP contribution in [0.2, 0.25) is 0 Å². The Morgan fingerprint density at radius 1 is 1.17 bits per heavy atom. The fraction of sp³-hybridized carbons (Fsp3) is 0.450. The zero-order valence-corrected chi connectivity index (χ0v) is 14.4. The first-order chi connectivity index (χ1) is 11.8. The predicted molar refractivity (Wildman–Crippen MR) is 97.8 cm³/mol. The summed E-state index contributed by atoms with van der Waals surface area (Å²) in [4.78, 5) is 6.93. The number of aliphatic hydroxyl groups is 1. The number of hydrogen-bond acceptors (Lipinski definition) is 4. The second-order valence-electron chi connectivity index (χ2n) is 6.68. The van der Waals surface area contributed by atoms with Gasteiger partial charge in [-0.25, -0.2) is 0 Å². The van der Waals surface area contributed by atoms with Gasteiger partial charge >= 0.3 is 0 Å². The number of benzene rings is 1. The van der Waals surface area contributed by atoms with Gasteiger partial charge in [0.05, 0.1) is 11.7 Å². The van der Waals surface area contributed by atoms with Crippen molar-refractivity contribution in [3.63, 3.8) is 0 Å². The first kappa shape index (κ1) is 16.9. The lowest BCUT2D eigenvalue weighted by atomic mass is 9.97. The second kappa shape index (κ2) is 8.27. The van der Waals surface area contributed by atoms with Gasteiger partial charge in [-0.2, -0.15) is 0 Å². The van der Waals surface area contributed by atoms with Gasteiger partial charge in [0.25, 0.3) is 0 Å². The monoisotopic (exact) mass is 325 g/mol. The molecule has 0 saturated carbocycles. The van der Waals surface area contributed by atoms with Crippen LogP contribution in [0.1, 0.15) is 37.1 Å². The molecule has 4 heteroatoms. The molecule has 2 heterocycles. The van der Waals surface area contributed by atoms with Gasteiger partial charge in [-0.15, -0.1) is 0 Å². The molecule has 1 aromatic heterocycles. The maximum Gasteiger partial charge on any atom is 0.0657 e. The third-order valence-electron chi connectivity index (χ3n) is 4.88. The van der Waals surface area contributed by atoms with E-state index in [1.54, 1.807) is 0 Å². The summed E-state index contributed by atoms with van der Waals surface area (Å²) in [5, 5.41) is 12.9. The molecule has 4 nitrogen and oxygen atoms in total. The fourth-order valence-electron chi connectivity index (χ4n) is 3.31. The summed E-state index contributed by atoms with van der Waals surface area (Å²) in [5.41, 5.74) is 3.55. The van der Waals surface area contributed by atoms with Crippen LogP contribution < -0.4 is 5.32 Å². The van der Waals surface area contributed by atoms with Gasteiger partial charge in [0.2, 0.25) is 0 Å². The van der Waals surface area contributed by atoms with E-state index in [0.717, 1.165) is 38.2 Å². The average Bonchev–Trinajstić information content (AvgIpc) is 2.64. The first-order valence-electron chi connectivity index (χ1n) is 8.85. The zero-order valence-electron chi connectivity index (χ0n) is 14.4. The average molecular weight is 325 g/mol. The Balaban J connectivity index is 1.65. The summed E-state index contributed by atoms with van der Waals surface area (Å²) in [7, 11) is 0. The van der Waals surface area contributed by atoms with E-state index in [2.05, 4.69) is 52.5 Å². The normalized spacial score (nSPS) is 17.6. The van der Waals surface area contributed by atoms with Gasteiger partial charge < -0.3 is 10.4 Å². The van der Waals surface area contributed by atoms with E-state index >= 15 is 0 Å². The van der Waals surface area contributed by atoms with Crippen molar-refractivity contribution in [2.24, 2.45) is 5.92 Å². The maximum atomic E-state index is 9.28. The number of rotatable bonds is 6. The number of aromatic nitrogens is 1. The molecule has 3 rings (SSSR count). The lowest BCUT2D eigenvalue weighted by Crippen LogP contribution is -2.34. The molecule has 2 aromatic rings. The Morgan fingerprint density at radius 2 is 1.92 bits per heavy atom. The Hall–Kier alpha value is -1.91. The number of anilines is 1. The second-order valence-corrected chi connectivity index (χ2v) is 6.68. The lowest BCUT2D eigenvalue weighted by molar-refractivity contribution is 0.127. The highest BCUT2D eigenvalue weighted by molar-refractivity contribution is 5.52. The molecule has 0 aliphatic carbocycles. The van der Waals surface area contributed by atoms with Crippen LogP contribution >= 0.6 is 0 Å². The molecule has 0 bridgehead atoms. The van der Waals surface area contributed by atoms with Gasteiger partial charge in [-0.1, -0.05) is 24.3 Å². The molecule has 0 spiro atoms. The minimum Gasteiger partial charge on any atom is -0.396 e. The smallest absolute Gasteiger partial charge is 0.0657 e. The van der Waals surface area contributed by atoms with Crippen LogP contribution in [0.15, 0.2) is 48.7 Å². The molecule has 0 amide bonds. The van der Waals surface area contributed by atoms with Crippen molar-refractivity contribution in [3.8, 4) is 0 Å². The van der Waals surface area contributed by atoms with Gasteiger partial charge in [-0.3, -0.25) is 9.88 Å². The summed E-state index contributed by atoms with van der Waals surface area (Å²) < 4.78 is 0. The van der Waals surface area contributed by atoms with Crippen molar-refractivity contribution >= 4 is 5.69 Å². The number of likely N-dealkylation sites (tertiary alicyclic amines) is 1. The highest BCUT2D eigenvalue weighted by Crippen LogP contribution is 2.25. The quantitative estimate of drug-likeness (QED) is 0.854. The first-order valence-corrected chi connectivity index (χ1v) is 8.85. The molecule has 2 N–H and O–H groups in total. The number of para-hydroxylation sites is 1. The van der Waals surface area contributed by atoms with E-state index in [1.165, 1.54) is 11.3 Å². The summed E-state index contributed by atoms with van der Waals surface area (Å²) in [6.45, 7) is 5.56. The zero-order chi connectivity index (χ0) is 16.8. The molecule has 24 heavy (non-hydrogen) atoms. The highest BCUT2D eigenvalue weighted by atomic mass is 16.3. The van der Waals surface area contributed by atoms with Gasteiger partial charge in [-0.05, 0) is 62.5 Å². The Bertz CT molecular complexity index is 624. The molecular formula is C20H27N3O. The molecule has 1 atom stereocenters.